The van der Waals surface area contributed by atoms with Gasteiger partial charge in [0.15, 0.2) is 0 Å². The van der Waals surface area contributed by atoms with Crippen LogP contribution in [0.3, 0.4) is 0 Å². The number of piperidine rings is 1. The van der Waals surface area contributed by atoms with Gasteiger partial charge >= 0.3 is 0 Å². The van der Waals surface area contributed by atoms with Crippen LogP contribution >= 0.6 is 15.9 Å². The molecule has 1 aromatic heterocycles. The fourth-order valence-corrected chi connectivity index (χ4v) is 3.58. The first kappa shape index (κ1) is 12.2. The van der Waals surface area contributed by atoms with Crippen molar-refractivity contribution in [2.45, 2.75) is 18.9 Å². The number of aromatic nitrogens is 2. The molecule has 2 saturated heterocycles. The van der Waals surface area contributed by atoms with Crippen molar-refractivity contribution in [3.8, 4) is 0 Å². The summed E-state index contributed by atoms with van der Waals surface area (Å²) in [6, 6.07) is 0.565. The number of hydrogen-bond acceptors (Lipinski definition) is 4. The van der Waals surface area contributed by atoms with E-state index in [9.17, 15) is 4.79 Å². The van der Waals surface area contributed by atoms with Gasteiger partial charge in [0.1, 0.15) is 4.47 Å². The number of fused-ring (bicyclic) bond motifs is 1. The number of rotatable bonds is 1. The van der Waals surface area contributed by atoms with Gasteiger partial charge < -0.3 is 10.2 Å². The van der Waals surface area contributed by atoms with Crippen LogP contribution in [0.25, 0.3) is 0 Å². The van der Waals surface area contributed by atoms with Crippen molar-refractivity contribution in [2.75, 3.05) is 24.5 Å². The minimum atomic E-state index is -0.0738. The molecule has 1 N–H and O–H groups in total. The first-order valence-electron chi connectivity index (χ1n) is 6.37. The second-order valence-corrected chi connectivity index (χ2v) is 5.93. The largest absolute Gasteiger partial charge is 0.367 e. The van der Waals surface area contributed by atoms with E-state index in [0.29, 0.717) is 16.4 Å². The monoisotopic (exact) mass is 312 g/mol. The highest BCUT2D eigenvalue weighted by molar-refractivity contribution is 9.10. The van der Waals surface area contributed by atoms with Gasteiger partial charge in [0.2, 0.25) is 0 Å². The van der Waals surface area contributed by atoms with E-state index in [0.717, 1.165) is 25.3 Å². The summed E-state index contributed by atoms with van der Waals surface area (Å²) in [5.41, 5.74) is 0.852. The third-order valence-electron chi connectivity index (χ3n) is 4.00. The van der Waals surface area contributed by atoms with Crippen LogP contribution in [-0.2, 0) is 7.05 Å². The molecule has 3 rings (SSSR count). The fourth-order valence-electron chi connectivity index (χ4n) is 2.97. The number of aryl methyl sites for hydroxylation is 1. The third kappa shape index (κ3) is 1.97. The predicted molar refractivity (Wildman–Crippen MR) is 73.9 cm³/mol. The molecule has 0 saturated carbocycles. The average Bonchev–Trinajstić information content (AvgIpc) is 2.79. The van der Waals surface area contributed by atoms with Gasteiger partial charge in [0.05, 0.1) is 11.9 Å². The van der Waals surface area contributed by atoms with Gasteiger partial charge in [-0.05, 0) is 41.2 Å². The molecule has 0 unspecified atom stereocenters. The molecule has 5 nitrogen and oxygen atoms in total. The Kier molecular flexibility index (Phi) is 3.15. The van der Waals surface area contributed by atoms with Gasteiger partial charge in [-0.25, -0.2) is 4.68 Å². The van der Waals surface area contributed by atoms with Crippen molar-refractivity contribution < 1.29 is 0 Å². The molecule has 0 amide bonds. The van der Waals surface area contributed by atoms with Crippen molar-refractivity contribution in [3.05, 3.63) is 21.0 Å². The second-order valence-electron chi connectivity index (χ2n) is 5.14. The Bertz CT molecular complexity index is 501. The van der Waals surface area contributed by atoms with Crippen LogP contribution in [0.15, 0.2) is 15.5 Å². The molecule has 2 atom stereocenters. The lowest BCUT2D eigenvalue weighted by Gasteiger charge is -2.24. The van der Waals surface area contributed by atoms with Crippen LogP contribution in [-0.4, -0.2) is 35.5 Å². The summed E-state index contributed by atoms with van der Waals surface area (Å²) in [6.07, 6.45) is 4.32. The first-order valence-corrected chi connectivity index (χ1v) is 7.16. The molecule has 98 valence electrons. The molecule has 2 aliphatic heterocycles. The zero-order valence-electron chi connectivity index (χ0n) is 10.4. The lowest BCUT2D eigenvalue weighted by molar-refractivity contribution is 0.340. The quantitative estimate of drug-likeness (QED) is 0.830. The lowest BCUT2D eigenvalue weighted by atomic mass is 9.94. The highest BCUT2D eigenvalue weighted by Gasteiger charge is 2.35. The normalized spacial score (nSPS) is 27.3. The van der Waals surface area contributed by atoms with Crippen molar-refractivity contribution >= 4 is 21.6 Å². The van der Waals surface area contributed by atoms with Crippen molar-refractivity contribution in [3.63, 3.8) is 0 Å². The molecular formula is C12H17BrN4O. The Morgan fingerprint density at radius 1 is 1.50 bits per heavy atom. The van der Waals surface area contributed by atoms with Crippen LogP contribution in [0.1, 0.15) is 12.8 Å². The first-order chi connectivity index (χ1) is 8.66. The van der Waals surface area contributed by atoms with Crippen LogP contribution in [0, 0.1) is 5.92 Å². The fraction of sp³-hybridized carbons (Fsp3) is 0.667. The van der Waals surface area contributed by atoms with E-state index in [2.05, 4.69) is 31.2 Å². The summed E-state index contributed by atoms with van der Waals surface area (Å²) in [7, 11) is 1.67. The highest BCUT2D eigenvalue weighted by atomic mass is 79.9. The topological polar surface area (TPSA) is 50.2 Å². The van der Waals surface area contributed by atoms with Gasteiger partial charge in [-0.3, -0.25) is 4.79 Å². The minimum absolute atomic E-state index is 0.0738. The number of hydrogen-bond donors (Lipinski definition) is 1. The maximum atomic E-state index is 11.9. The van der Waals surface area contributed by atoms with E-state index in [1.54, 1.807) is 13.2 Å². The van der Waals surface area contributed by atoms with Crippen LogP contribution < -0.4 is 15.8 Å². The van der Waals surface area contributed by atoms with E-state index in [4.69, 9.17) is 0 Å². The van der Waals surface area contributed by atoms with Gasteiger partial charge in [0.25, 0.3) is 5.56 Å². The molecule has 3 heterocycles. The van der Waals surface area contributed by atoms with Gasteiger partial charge in [-0.15, -0.1) is 0 Å². The molecule has 2 aliphatic rings. The average molecular weight is 313 g/mol. The maximum Gasteiger partial charge on any atom is 0.282 e. The maximum absolute atomic E-state index is 11.9. The smallest absolute Gasteiger partial charge is 0.282 e. The predicted octanol–water partition coefficient (Wildman–Crippen LogP) is 0.731. The van der Waals surface area contributed by atoms with Crippen LogP contribution in [0.5, 0.6) is 0 Å². The number of halogens is 1. The van der Waals surface area contributed by atoms with Gasteiger partial charge in [-0.2, -0.15) is 5.10 Å². The van der Waals surface area contributed by atoms with E-state index >= 15 is 0 Å². The van der Waals surface area contributed by atoms with E-state index in [1.165, 1.54) is 17.5 Å². The second kappa shape index (κ2) is 4.66. The van der Waals surface area contributed by atoms with Gasteiger partial charge in [-0.1, -0.05) is 0 Å². The summed E-state index contributed by atoms with van der Waals surface area (Å²) in [6.45, 7) is 3.11. The van der Waals surface area contributed by atoms with E-state index < -0.39 is 0 Å². The summed E-state index contributed by atoms with van der Waals surface area (Å²) in [4.78, 5) is 14.1. The van der Waals surface area contributed by atoms with E-state index in [-0.39, 0.29) is 5.56 Å². The van der Waals surface area contributed by atoms with Gasteiger partial charge in [0, 0.05) is 26.2 Å². The zero-order chi connectivity index (χ0) is 12.7. The molecule has 2 fully saturated rings. The van der Waals surface area contributed by atoms with Crippen molar-refractivity contribution in [1.82, 2.24) is 15.1 Å². The summed E-state index contributed by atoms with van der Waals surface area (Å²) in [5.74, 6) is 0.703. The molecule has 0 aliphatic carbocycles. The molecule has 0 radical (unpaired) electrons. The Balaban J connectivity index is 1.88. The van der Waals surface area contributed by atoms with Crippen molar-refractivity contribution in [1.29, 1.82) is 0 Å². The number of nitrogens with one attached hydrogen (secondary N) is 1. The molecule has 18 heavy (non-hydrogen) atoms. The Morgan fingerprint density at radius 3 is 3.11 bits per heavy atom. The summed E-state index contributed by atoms with van der Waals surface area (Å²) >= 11 is 3.40. The Labute approximate surface area is 114 Å². The molecule has 0 aromatic carbocycles. The summed E-state index contributed by atoms with van der Waals surface area (Å²) in [5, 5.41) is 7.68. The zero-order valence-corrected chi connectivity index (χ0v) is 12.0. The van der Waals surface area contributed by atoms with Crippen molar-refractivity contribution in [2.24, 2.45) is 13.0 Å². The lowest BCUT2D eigenvalue weighted by Crippen LogP contribution is -2.40. The van der Waals surface area contributed by atoms with Crippen LogP contribution in [0.4, 0.5) is 5.69 Å². The molecule has 1 aromatic rings. The molecule has 6 heteroatoms. The number of nitrogens with zero attached hydrogens (tertiary/aromatic N) is 3. The molecule has 0 bridgehead atoms. The number of anilines is 1. The molecular weight excluding hydrogens is 296 g/mol. The SMILES string of the molecule is Cn1ncc(N2C[C@@H]3CCCN[C@@H]3C2)c(Br)c1=O. The summed E-state index contributed by atoms with van der Waals surface area (Å²) < 4.78 is 1.98. The van der Waals surface area contributed by atoms with Crippen LogP contribution in [0.2, 0.25) is 0 Å². The third-order valence-corrected chi connectivity index (χ3v) is 4.75. The Morgan fingerprint density at radius 2 is 2.33 bits per heavy atom. The standard InChI is InChI=1S/C12H17BrN4O/c1-16-12(18)11(13)10(5-15-16)17-6-8-3-2-4-14-9(8)7-17/h5,8-9,14H,2-4,6-7H2,1H3/t8-,9+/m0/s1. The molecule has 0 spiro atoms. The van der Waals surface area contributed by atoms with E-state index in [1.807, 2.05) is 0 Å². The minimum Gasteiger partial charge on any atom is -0.367 e. The highest BCUT2D eigenvalue weighted by Crippen LogP contribution is 2.31. The Hall–Kier alpha value is -0.880.